The molecular formula is C20H28N4O3. The molecule has 7 heteroatoms. The minimum Gasteiger partial charge on any atom is -0.339 e. The maximum atomic E-state index is 12.6. The van der Waals surface area contributed by atoms with Crippen LogP contribution in [-0.4, -0.2) is 85.8 Å². The summed E-state index contributed by atoms with van der Waals surface area (Å²) in [7, 11) is 3.69. The van der Waals surface area contributed by atoms with Crippen molar-refractivity contribution >= 4 is 23.4 Å². The van der Waals surface area contributed by atoms with Gasteiger partial charge in [0.15, 0.2) is 0 Å². The van der Waals surface area contributed by atoms with E-state index in [0.29, 0.717) is 25.1 Å². The summed E-state index contributed by atoms with van der Waals surface area (Å²) in [4.78, 5) is 44.3. The second kappa shape index (κ2) is 8.52. The Labute approximate surface area is 160 Å². The fourth-order valence-corrected chi connectivity index (χ4v) is 3.51. The van der Waals surface area contributed by atoms with Crippen LogP contribution in [0.4, 0.5) is 5.69 Å². The smallest absolute Gasteiger partial charge is 0.254 e. The van der Waals surface area contributed by atoms with Crippen molar-refractivity contribution in [3.63, 3.8) is 0 Å². The van der Waals surface area contributed by atoms with Crippen molar-refractivity contribution in [2.24, 2.45) is 0 Å². The van der Waals surface area contributed by atoms with Crippen molar-refractivity contribution in [3.05, 3.63) is 29.8 Å². The van der Waals surface area contributed by atoms with Gasteiger partial charge >= 0.3 is 0 Å². The molecule has 0 N–H and O–H groups in total. The van der Waals surface area contributed by atoms with E-state index >= 15 is 0 Å². The Morgan fingerprint density at radius 2 is 1.67 bits per heavy atom. The molecule has 3 amide bonds. The topological polar surface area (TPSA) is 64.2 Å². The molecule has 0 radical (unpaired) electrons. The quantitative estimate of drug-likeness (QED) is 0.793. The fraction of sp³-hybridized carbons (Fsp3) is 0.550. The van der Waals surface area contributed by atoms with Crippen LogP contribution in [0, 0.1) is 0 Å². The lowest BCUT2D eigenvalue weighted by molar-refractivity contribution is -0.133. The first-order valence-corrected chi connectivity index (χ1v) is 9.58. The van der Waals surface area contributed by atoms with E-state index in [9.17, 15) is 14.4 Å². The van der Waals surface area contributed by atoms with Gasteiger partial charge in [-0.2, -0.15) is 0 Å². The zero-order chi connectivity index (χ0) is 19.4. The van der Waals surface area contributed by atoms with Crippen molar-refractivity contribution < 1.29 is 14.4 Å². The summed E-state index contributed by atoms with van der Waals surface area (Å²) in [6, 6.07) is 7.09. The van der Waals surface area contributed by atoms with Gasteiger partial charge in [0.25, 0.3) is 5.91 Å². The first-order valence-electron chi connectivity index (χ1n) is 9.58. The number of piperazine rings is 1. The number of anilines is 1. The molecule has 0 spiro atoms. The van der Waals surface area contributed by atoms with Gasteiger partial charge < -0.3 is 19.6 Å². The van der Waals surface area contributed by atoms with Crippen LogP contribution in [0.3, 0.4) is 0 Å². The van der Waals surface area contributed by atoms with Crippen molar-refractivity contribution in [3.8, 4) is 0 Å². The molecular weight excluding hydrogens is 344 g/mol. The predicted molar refractivity (Wildman–Crippen MR) is 104 cm³/mol. The van der Waals surface area contributed by atoms with E-state index in [1.54, 1.807) is 24.1 Å². The lowest BCUT2D eigenvalue weighted by atomic mass is 10.1. The first kappa shape index (κ1) is 19.4. The molecule has 2 fully saturated rings. The number of piperidine rings is 1. The summed E-state index contributed by atoms with van der Waals surface area (Å²) in [6.07, 6.45) is 2.53. The molecule has 146 valence electrons. The molecule has 0 atom stereocenters. The van der Waals surface area contributed by atoms with Gasteiger partial charge in [-0.3, -0.25) is 14.4 Å². The average molecular weight is 372 g/mol. The Kier molecular flexibility index (Phi) is 6.11. The summed E-state index contributed by atoms with van der Waals surface area (Å²) >= 11 is 0. The molecule has 7 nitrogen and oxygen atoms in total. The molecule has 0 unspecified atom stereocenters. The third-order valence-corrected chi connectivity index (χ3v) is 5.32. The Hall–Kier alpha value is -2.41. The lowest BCUT2D eigenvalue weighted by Crippen LogP contribution is -2.50. The minimum atomic E-state index is -0.186. The van der Waals surface area contributed by atoms with Gasteiger partial charge in [-0.25, -0.2) is 0 Å². The highest BCUT2D eigenvalue weighted by Gasteiger charge is 2.23. The largest absolute Gasteiger partial charge is 0.339 e. The third-order valence-electron chi connectivity index (χ3n) is 5.32. The standard InChI is InChI=1S/C20H28N4O3/c1-21-11-13-23(14-12-21)19(26)15-22(2)20(27)16-6-8-17(9-7-16)24-10-4-3-5-18(24)25/h6-9H,3-5,10-15H2,1-2H3. The number of benzene rings is 1. The van der Waals surface area contributed by atoms with E-state index in [1.165, 1.54) is 4.90 Å². The van der Waals surface area contributed by atoms with Crippen LogP contribution in [0.15, 0.2) is 24.3 Å². The molecule has 1 aromatic rings. The highest BCUT2D eigenvalue weighted by molar-refractivity contribution is 5.98. The van der Waals surface area contributed by atoms with E-state index in [-0.39, 0.29) is 24.3 Å². The fourth-order valence-electron chi connectivity index (χ4n) is 3.51. The predicted octanol–water partition coefficient (Wildman–Crippen LogP) is 1.05. The van der Waals surface area contributed by atoms with Crippen LogP contribution in [-0.2, 0) is 9.59 Å². The average Bonchev–Trinajstić information content (AvgIpc) is 2.68. The molecule has 2 saturated heterocycles. The number of rotatable bonds is 4. The second-order valence-electron chi connectivity index (χ2n) is 7.39. The highest BCUT2D eigenvalue weighted by atomic mass is 16.2. The number of carbonyl (C=O) groups excluding carboxylic acids is 3. The Morgan fingerprint density at radius 1 is 1.00 bits per heavy atom. The van der Waals surface area contributed by atoms with Gasteiger partial charge in [-0.1, -0.05) is 0 Å². The summed E-state index contributed by atoms with van der Waals surface area (Å²) in [5, 5.41) is 0. The van der Waals surface area contributed by atoms with E-state index < -0.39 is 0 Å². The number of likely N-dealkylation sites (N-methyl/N-ethyl adjacent to an activating group) is 2. The Balaban J connectivity index is 1.58. The number of hydrogen-bond donors (Lipinski definition) is 0. The molecule has 0 aromatic heterocycles. The molecule has 2 aliphatic rings. The van der Waals surface area contributed by atoms with Gasteiger partial charge in [0.2, 0.25) is 11.8 Å². The second-order valence-corrected chi connectivity index (χ2v) is 7.39. The minimum absolute atomic E-state index is 0.0190. The van der Waals surface area contributed by atoms with Crippen LogP contribution >= 0.6 is 0 Å². The van der Waals surface area contributed by atoms with Crippen LogP contribution in [0.2, 0.25) is 0 Å². The normalized spacial score (nSPS) is 18.5. The Morgan fingerprint density at radius 3 is 2.30 bits per heavy atom. The van der Waals surface area contributed by atoms with Gasteiger partial charge in [-0.15, -0.1) is 0 Å². The van der Waals surface area contributed by atoms with Crippen LogP contribution in [0.25, 0.3) is 0 Å². The van der Waals surface area contributed by atoms with Gasteiger partial charge in [0, 0.05) is 57.4 Å². The number of nitrogens with zero attached hydrogens (tertiary/aromatic N) is 4. The van der Waals surface area contributed by atoms with Crippen molar-refractivity contribution in [1.29, 1.82) is 0 Å². The van der Waals surface area contributed by atoms with E-state index in [2.05, 4.69) is 4.90 Å². The molecule has 1 aromatic carbocycles. The maximum Gasteiger partial charge on any atom is 0.254 e. The van der Waals surface area contributed by atoms with Crippen LogP contribution in [0.5, 0.6) is 0 Å². The van der Waals surface area contributed by atoms with Crippen LogP contribution < -0.4 is 4.90 Å². The van der Waals surface area contributed by atoms with Gasteiger partial charge in [0.1, 0.15) is 0 Å². The number of hydrogen-bond acceptors (Lipinski definition) is 4. The Bertz CT molecular complexity index is 696. The van der Waals surface area contributed by atoms with Crippen LogP contribution in [0.1, 0.15) is 29.6 Å². The molecule has 3 rings (SSSR count). The summed E-state index contributed by atoms with van der Waals surface area (Å²) in [5.74, 6) is -0.0706. The van der Waals surface area contributed by atoms with Crippen molar-refractivity contribution in [2.75, 3.05) is 58.3 Å². The third kappa shape index (κ3) is 4.66. The number of amides is 3. The van der Waals surface area contributed by atoms with Gasteiger partial charge in [0.05, 0.1) is 6.54 Å². The van der Waals surface area contributed by atoms with E-state index in [4.69, 9.17) is 0 Å². The van der Waals surface area contributed by atoms with Gasteiger partial charge in [-0.05, 0) is 44.2 Å². The molecule has 27 heavy (non-hydrogen) atoms. The number of carbonyl (C=O) groups is 3. The zero-order valence-corrected chi connectivity index (χ0v) is 16.2. The molecule has 2 aliphatic heterocycles. The molecule has 0 aliphatic carbocycles. The molecule has 2 heterocycles. The SMILES string of the molecule is CN1CCN(C(=O)CN(C)C(=O)c2ccc(N3CCCCC3=O)cc2)CC1. The summed E-state index contributed by atoms with van der Waals surface area (Å²) in [5.41, 5.74) is 1.35. The first-order chi connectivity index (χ1) is 13.0. The van der Waals surface area contributed by atoms with E-state index in [1.807, 2.05) is 24.1 Å². The molecule has 0 saturated carbocycles. The monoisotopic (exact) mass is 372 g/mol. The summed E-state index contributed by atoms with van der Waals surface area (Å²) < 4.78 is 0. The molecule has 0 bridgehead atoms. The van der Waals surface area contributed by atoms with Crippen molar-refractivity contribution in [2.45, 2.75) is 19.3 Å². The highest BCUT2D eigenvalue weighted by Crippen LogP contribution is 2.21. The maximum absolute atomic E-state index is 12.6. The van der Waals surface area contributed by atoms with E-state index in [0.717, 1.165) is 38.2 Å². The lowest BCUT2D eigenvalue weighted by Gasteiger charge is -2.33. The van der Waals surface area contributed by atoms with Crippen molar-refractivity contribution in [1.82, 2.24) is 14.7 Å². The zero-order valence-electron chi connectivity index (χ0n) is 16.2. The summed E-state index contributed by atoms with van der Waals surface area (Å²) in [6.45, 7) is 3.94.